The minimum atomic E-state index is 0.654. The van der Waals surface area contributed by atoms with Gasteiger partial charge in [-0.15, -0.1) is 0 Å². The molecule has 8 nitrogen and oxygen atoms in total. The predicted octanol–water partition coefficient (Wildman–Crippen LogP) is 3.49. The van der Waals surface area contributed by atoms with E-state index >= 15 is 0 Å². The van der Waals surface area contributed by atoms with Crippen LogP contribution in [0.1, 0.15) is 19.3 Å². The molecule has 9 heteroatoms. The largest absolute Gasteiger partial charge is 0.465 e. The van der Waals surface area contributed by atoms with Gasteiger partial charge in [0.05, 0.1) is 0 Å². The zero-order chi connectivity index (χ0) is 20.8. The third kappa shape index (κ3) is 5.17. The van der Waals surface area contributed by atoms with Crippen molar-refractivity contribution in [3.05, 3.63) is 66.6 Å². The number of imidazole rings is 1. The van der Waals surface area contributed by atoms with Gasteiger partial charge in [-0.25, -0.2) is 4.98 Å². The van der Waals surface area contributed by atoms with Crippen LogP contribution in [0.5, 0.6) is 0 Å². The van der Waals surface area contributed by atoms with Gasteiger partial charge in [-0.2, -0.15) is 9.36 Å². The highest BCUT2D eigenvalue weighted by Crippen LogP contribution is 2.27. The van der Waals surface area contributed by atoms with Gasteiger partial charge in [-0.05, 0) is 25.5 Å². The number of allylic oxidation sites excluding steroid dienone is 4. The van der Waals surface area contributed by atoms with Crippen LogP contribution in [0.4, 0.5) is 5.13 Å². The number of rotatable bonds is 9. The molecule has 1 aliphatic carbocycles. The molecule has 0 spiro atoms. The third-order valence-corrected chi connectivity index (χ3v) is 5.79. The molecule has 0 saturated heterocycles. The van der Waals surface area contributed by atoms with Gasteiger partial charge in [0.1, 0.15) is 24.6 Å². The monoisotopic (exact) mass is 426 g/mol. The fourth-order valence-corrected chi connectivity index (χ4v) is 3.75. The Morgan fingerprint density at radius 3 is 2.93 bits per heavy atom. The van der Waals surface area contributed by atoms with Crippen molar-refractivity contribution in [1.29, 1.82) is 0 Å². The van der Waals surface area contributed by atoms with Crippen LogP contribution >= 0.6 is 11.5 Å². The SMILES string of the molecule is CN(CCC1=COC=C(C2=CC=CCC2)O1)CCN(C)c1nc(-n2ccnc2)ns1. The molecule has 0 amide bonds. The Morgan fingerprint density at radius 1 is 1.20 bits per heavy atom. The first-order chi connectivity index (χ1) is 14.7. The summed E-state index contributed by atoms with van der Waals surface area (Å²) in [5.74, 6) is 2.34. The number of aromatic nitrogens is 4. The van der Waals surface area contributed by atoms with Crippen molar-refractivity contribution >= 4 is 16.7 Å². The molecule has 0 saturated carbocycles. The average Bonchev–Trinajstić information content (AvgIpc) is 3.49. The van der Waals surface area contributed by atoms with E-state index < -0.39 is 0 Å². The standard InChI is InChI=1S/C21H26N6O2S/c1-25(10-8-18-14-28-15-19(29-18)17-6-4-3-5-7-17)12-13-26(2)21-23-20(24-30-21)27-11-9-22-16-27/h3-4,6,9,11,14-16H,5,7-8,10,12-13H2,1-2H3. The lowest BCUT2D eigenvalue weighted by atomic mass is 10.0. The van der Waals surface area contributed by atoms with Crippen LogP contribution in [-0.4, -0.2) is 57.5 Å². The second kappa shape index (κ2) is 9.73. The van der Waals surface area contributed by atoms with Gasteiger partial charge < -0.3 is 19.3 Å². The Kier molecular flexibility index (Phi) is 6.60. The summed E-state index contributed by atoms with van der Waals surface area (Å²) in [5, 5.41) is 0.892. The predicted molar refractivity (Wildman–Crippen MR) is 117 cm³/mol. The van der Waals surface area contributed by atoms with E-state index in [1.807, 2.05) is 17.8 Å². The highest BCUT2D eigenvalue weighted by molar-refractivity contribution is 7.09. The highest BCUT2D eigenvalue weighted by atomic mass is 32.1. The first-order valence-electron chi connectivity index (χ1n) is 9.99. The Hall–Kier alpha value is -2.91. The smallest absolute Gasteiger partial charge is 0.248 e. The zero-order valence-electron chi connectivity index (χ0n) is 17.3. The van der Waals surface area contributed by atoms with Crippen LogP contribution in [0.25, 0.3) is 5.95 Å². The summed E-state index contributed by atoms with van der Waals surface area (Å²) in [6.07, 6.45) is 17.8. The van der Waals surface area contributed by atoms with Gasteiger partial charge in [-0.1, -0.05) is 18.2 Å². The van der Waals surface area contributed by atoms with Crippen LogP contribution in [-0.2, 0) is 9.47 Å². The summed E-state index contributed by atoms with van der Waals surface area (Å²) >= 11 is 1.39. The molecule has 0 unspecified atom stereocenters. The second-order valence-corrected chi connectivity index (χ2v) is 8.02. The first-order valence-corrected chi connectivity index (χ1v) is 10.8. The molecule has 0 N–H and O–H groups in total. The van der Waals surface area contributed by atoms with Crippen molar-refractivity contribution in [1.82, 2.24) is 23.8 Å². The van der Waals surface area contributed by atoms with E-state index in [0.717, 1.165) is 55.5 Å². The average molecular weight is 427 g/mol. The first kappa shape index (κ1) is 20.4. The summed E-state index contributed by atoms with van der Waals surface area (Å²) in [5.41, 5.74) is 1.19. The van der Waals surface area contributed by atoms with Crippen molar-refractivity contribution in [2.75, 3.05) is 38.6 Å². The van der Waals surface area contributed by atoms with Crippen LogP contribution < -0.4 is 4.90 Å². The van der Waals surface area contributed by atoms with Crippen molar-refractivity contribution in [3.8, 4) is 5.95 Å². The van der Waals surface area contributed by atoms with Crippen LogP contribution in [0, 0.1) is 0 Å². The van der Waals surface area contributed by atoms with E-state index in [1.54, 1.807) is 25.0 Å². The molecule has 0 atom stereocenters. The molecular weight excluding hydrogens is 400 g/mol. The molecule has 30 heavy (non-hydrogen) atoms. The summed E-state index contributed by atoms with van der Waals surface area (Å²) < 4.78 is 17.8. The van der Waals surface area contributed by atoms with Crippen molar-refractivity contribution < 1.29 is 9.47 Å². The molecule has 2 aromatic heterocycles. The van der Waals surface area contributed by atoms with E-state index in [9.17, 15) is 0 Å². The Balaban J connectivity index is 1.20. The van der Waals surface area contributed by atoms with E-state index in [4.69, 9.17) is 9.47 Å². The van der Waals surface area contributed by atoms with Gasteiger partial charge in [0.2, 0.25) is 11.1 Å². The van der Waals surface area contributed by atoms with E-state index in [1.165, 1.54) is 17.1 Å². The van der Waals surface area contributed by atoms with Crippen molar-refractivity contribution in [3.63, 3.8) is 0 Å². The topological polar surface area (TPSA) is 68.5 Å². The molecular formula is C21H26N6O2S. The lowest BCUT2D eigenvalue weighted by Crippen LogP contribution is -2.31. The Labute approximate surface area is 180 Å². The van der Waals surface area contributed by atoms with Gasteiger partial charge in [0.15, 0.2) is 5.76 Å². The molecule has 4 rings (SSSR count). The van der Waals surface area contributed by atoms with Gasteiger partial charge in [-0.3, -0.25) is 4.57 Å². The molecule has 0 fully saturated rings. The van der Waals surface area contributed by atoms with Crippen molar-refractivity contribution in [2.45, 2.75) is 19.3 Å². The molecule has 0 radical (unpaired) electrons. The number of ether oxygens (including phenoxy) is 2. The minimum absolute atomic E-state index is 0.654. The summed E-state index contributed by atoms with van der Waals surface area (Å²) in [7, 11) is 4.15. The number of likely N-dealkylation sites (N-methyl/N-ethyl adjacent to an activating group) is 2. The summed E-state index contributed by atoms with van der Waals surface area (Å²) in [6, 6.07) is 0. The lowest BCUT2D eigenvalue weighted by molar-refractivity contribution is 0.208. The summed E-state index contributed by atoms with van der Waals surface area (Å²) in [4.78, 5) is 13.0. The molecule has 158 valence electrons. The van der Waals surface area contributed by atoms with Gasteiger partial charge in [0.25, 0.3) is 0 Å². The maximum Gasteiger partial charge on any atom is 0.248 e. The lowest BCUT2D eigenvalue weighted by Gasteiger charge is -2.23. The highest BCUT2D eigenvalue weighted by Gasteiger charge is 2.16. The Bertz CT molecular complexity index is 960. The summed E-state index contributed by atoms with van der Waals surface area (Å²) in [6.45, 7) is 2.64. The van der Waals surface area contributed by atoms with E-state index in [0.29, 0.717) is 5.95 Å². The van der Waals surface area contributed by atoms with E-state index in [2.05, 4.69) is 49.4 Å². The fraction of sp³-hybridized carbons (Fsp3) is 0.381. The molecule has 0 bridgehead atoms. The number of nitrogens with zero attached hydrogens (tertiary/aromatic N) is 6. The van der Waals surface area contributed by atoms with Gasteiger partial charge in [0, 0.05) is 57.0 Å². The van der Waals surface area contributed by atoms with Crippen molar-refractivity contribution in [2.24, 2.45) is 0 Å². The molecule has 1 aliphatic heterocycles. The quantitative estimate of drug-likeness (QED) is 0.608. The molecule has 2 aliphatic rings. The van der Waals surface area contributed by atoms with Crippen LogP contribution in [0.15, 0.2) is 66.6 Å². The van der Waals surface area contributed by atoms with Crippen LogP contribution in [0.2, 0.25) is 0 Å². The molecule has 2 aromatic rings. The molecule has 0 aromatic carbocycles. The fourth-order valence-electron chi connectivity index (χ4n) is 3.09. The van der Waals surface area contributed by atoms with Gasteiger partial charge >= 0.3 is 0 Å². The number of hydrogen-bond donors (Lipinski definition) is 0. The zero-order valence-corrected chi connectivity index (χ0v) is 18.1. The number of anilines is 1. The molecule has 3 heterocycles. The third-order valence-electron chi connectivity index (χ3n) is 4.97. The second-order valence-electron chi connectivity index (χ2n) is 7.28. The minimum Gasteiger partial charge on any atom is -0.465 e. The Morgan fingerprint density at radius 2 is 2.13 bits per heavy atom. The number of hydrogen-bond acceptors (Lipinski definition) is 8. The van der Waals surface area contributed by atoms with E-state index in [-0.39, 0.29) is 0 Å². The van der Waals surface area contributed by atoms with Crippen LogP contribution in [0.3, 0.4) is 0 Å². The normalized spacial score (nSPS) is 15.9. The maximum absolute atomic E-state index is 6.04. The maximum atomic E-state index is 6.04.